The van der Waals surface area contributed by atoms with Crippen LogP contribution in [0, 0.1) is 12.7 Å². The number of halogens is 1. The fourth-order valence-corrected chi connectivity index (χ4v) is 1.81. The van der Waals surface area contributed by atoms with Crippen LogP contribution in [0.4, 0.5) is 14.9 Å². The lowest BCUT2D eigenvalue weighted by atomic mass is 10.2. The number of amides is 1. The summed E-state index contributed by atoms with van der Waals surface area (Å²) in [7, 11) is 1.37. The Morgan fingerprint density at radius 3 is 2.62 bits per heavy atom. The lowest BCUT2D eigenvalue weighted by Gasteiger charge is -2.11. The van der Waals surface area contributed by atoms with Gasteiger partial charge < -0.3 is 9.47 Å². The second-order valence-corrected chi connectivity index (χ2v) is 4.49. The molecule has 0 atom stereocenters. The standard InChI is InChI=1S/C16H16FNO3/c1-11-8-13(17)15(20-2)9-14(11)18-16(19)21-10-12-6-4-3-5-7-12/h3-9H,10H2,1-2H3,(H,18,19). The Labute approximate surface area is 122 Å². The molecule has 0 aromatic heterocycles. The van der Waals surface area contributed by atoms with Crippen molar-refractivity contribution in [2.45, 2.75) is 13.5 Å². The van der Waals surface area contributed by atoms with Crippen LogP contribution in [0.3, 0.4) is 0 Å². The number of carbonyl (C=O) groups is 1. The Kier molecular flexibility index (Phi) is 4.77. The van der Waals surface area contributed by atoms with E-state index in [1.54, 1.807) is 6.92 Å². The van der Waals surface area contributed by atoms with Gasteiger partial charge in [-0.15, -0.1) is 0 Å². The molecular weight excluding hydrogens is 273 g/mol. The van der Waals surface area contributed by atoms with Crippen LogP contribution < -0.4 is 10.1 Å². The maximum absolute atomic E-state index is 13.5. The van der Waals surface area contributed by atoms with Crippen LogP contribution >= 0.6 is 0 Å². The summed E-state index contributed by atoms with van der Waals surface area (Å²) < 4.78 is 23.5. The lowest BCUT2D eigenvalue weighted by molar-refractivity contribution is 0.155. The second-order valence-electron chi connectivity index (χ2n) is 4.49. The van der Waals surface area contributed by atoms with Gasteiger partial charge in [0.1, 0.15) is 6.61 Å². The van der Waals surface area contributed by atoms with E-state index in [1.807, 2.05) is 30.3 Å². The smallest absolute Gasteiger partial charge is 0.411 e. The fourth-order valence-electron chi connectivity index (χ4n) is 1.81. The highest BCUT2D eigenvalue weighted by atomic mass is 19.1. The quantitative estimate of drug-likeness (QED) is 0.928. The number of aryl methyl sites for hydroxylation is 1. The van der Waals surface area contributed by atoms with Gasteiger partial charge >= 0.3 is 6.09 Å². The van der Waals surface area contributed by atoms with Crippen molar-refractivity contribution in [2.75, 3.05) is 12.4 Å². The van der Waals surface area contributed by atoms with E-state index in [0.717, 1.165) is 5.56 Å². The molecule has 1 amide bonds. The summed E-state index contributed by atoms with van der Waals surface area (Å²) in [5.74, 6) is -0.405. The SMILES string of the molecule is COc1cc(NC(=O)OCc2ccccc2)c(C)cc1F. The van der Waals surface area contributed by atoms with Crippen molar-refractivity contribution in [3.8, 4) is 5.75 Å². The predicted octanol–water partition coefficient (Wildman–Crippen LogP) is 3.89. The minimum absolute atomic E-state index is 0.0685. The van der Waals surface area contributed by atoms with E-state index in [2.05, 4.69) is 5.32 Å². The molecule has 2 aromatic rings. The third-order valence-electron chi connectivity index (χ3n) is 2.95. The Balaban J connectivity index is 1.99. The molecular formula is C16H16FNO3. The zero-order chi connectivity index (χ0) is 15.2. The van der Waals surface area contributed by atoms with Gasteiger partial charge in [-0.05, 0) is 24.1 Å². The van der Waals surface area contributed by atoms with E-state index in [4.69, 9.17) is 9.47 Å². The van der Waals surface area contributed by atoms with Gasteiger partial charge in [-0.3, -0.25) is 5.32 Å². The molecule has 0 spiro atoms. The van der Waals surface area contributed by atoms with Gasteiger partial charge in [-0.1, -0.05) is 30.3 Å². The van der Waals surface area contributed by atoms with Gasteiger partial charge in [0.2, 0.25) is 0 Å². The van der Waals surface area contributed by atoms with Gasteiger partial charge in [0.05, 0.1) is 12.8 Å². The van der Waals surface area contributed by atoms with Crippen molar-refractivity contribution in [3.05, 3.63) is 59.4 Å². The molecule has 4 nitrogen and oxygen atoms in total. The van der Waals surface area contributed by atoms with E-state index in [0.29, 0.717) is 11.3 Å². The molecule has 0 aliphatic heterocycles. The number of benzene rings is 2. The Hall–Kier alpha value is -2.56. The largest absolute Gasteiger partial charge is 0.494 e. The highest BCUT2D eigenvalue weighted by Crippen LogP contribution is 2.25. The van der Waals surface area contributed by atoms with Crippen LogP contribution in [0.1, 0.15) is 11.1 Å². The van der Waals surface area contributed by atoms with E-state index in [-0.39, 0.29) is 12.4 Å². The maximum Gasteiger partial charge on any atom is 0.411 e. The van der Waals surface area contributed by atoms with Crippen molar-refractivity contribution in [1.29, 1.82) is 0 Å². The topological polar surface area (TPSA) is 47.6 Å². The van der Waals surface area contributed by atoms with Crippen LogP contribution in [-0.4, -0.2) is 13.2 Å². The van der Waals surface area contributed by atoms with Crippen LogP contribution in [0.25, 0.3) is 0 Å². The summed E-state index contributed by atoms with van der Waals surface area (Å²) in [6.45, 7) is 1.86. The van der Waals surface area contributed by atoms with E-state index >= 15 is 0 Å². The van der Waals surface area contributed by atoms with Gasteiger partial charge in [-0.25, -0.2) is 9.18 Å². The number of ether oxygens (including phenoxy) is 2. The van der Waals surface area contributed by atoms with E-state index in [9.17, 15) is 9.18 Å². The molecule has 0 unspecified atom stereocenters. The molecule has 0 fully saturated rings. The number of hydrogen-bond donors (Lipinski definition) is 1. The Morgan fingerprint density at radius 1 is 1.24 bits per heavy atom. The highest BCUT2D eigenvalue weighted by molar-refractivity contribution is 5.86. The highest BCUT2D eigenvalue weighted by Gasteiger charge is 2.11. The monoisotopic (exact) mass is 289 g/mol. The van der Waals surface area contributed by atoms with E-state index in [1.165, 1.54) is 19.2 Å². The van der Waals surface area contributed by atoms with Crippen molar-refractivity contribution in [3.63, 3.8) is 0 Å². The average molecular weight is 289 g/mol. The summed E-state index contributed by atoms with van der Waals surface area (Å²) in [5.41, 5.74) is 1.93. The van der Waals surface area contributed by atoms with Crippen molar-refractivity contribution in [1.82, 2.24) is 0 Å². The minimum atomic E-state index is -0.601. The van der Waals surface area contributed by atoms with Crippen molar-refractivity contribution >= 4 is 11.8 Å². The number of rotatable bonds is 4. The van der Waals surface area contributed by atoms with Crippen LogP contribution in [0.15, 0.2) is 42.5 Å². The first-order valence-corrected chi connectivity index (χ1v) is 6.42. The van der Waals surface area contributed by atoms with Crippen LogP contribution in [0.5, 0.6) is 5.75 Å². The molecule has 2 aromatic carbocycles. The van der Waals surface area contributed by atoms with E-state index < -0.39 is 11.9 Å². The Morgan fingerprint density at radius 2 is 1.95 bits per heavy atom. The summed E-state index contributed by atoms with van der Waals surface area (Å²) in [6.07, 6.45) is -0.601. The fraction of sp³-hybridized carbons (Fsp3) is 0.188. The molecule has 0 aliphatic rings. The number of carbonyl (C=O) groups excluding carboxylic acids is 1. The van der Waals surface area contributed by atoms with Gasteiger partial charge in [0.15, 0.2) is 11.6 Å². The van der Waals surface area contributed by atoms with Gasteiger partial charge in [-0.2, -0.15) is 0 Å². The van der Waals surface area contributed by atoms with Crippen LogP contribution in [0.2, 0.25) is 0 Å². The van der Waals surface area contributed by atoms with Crippen molar-refractivity contribution < 1.29 is 18.7 Å². The summed E-state index contributed by atoms with van der Waals surface area (Å²) in [4.78, 5) is 11.8. The first-order valence-electron chi connectivity index (χ1n) is 6.42. The summed E-state index contributed by atoms with van der Waals surface area (Å²) in [6, 6.07) is 12.1. The number of nitrogens with one attached hydrogen (secondary N) is 1. The van der Waals surface area contributed by atoms with Crippen LogP contribution in [-0.2, 0) is 11.3 Å². The Bertz CT molecular complexity index is 629. The van der Waals surface area contributed by atoms with Gasteiger partial charge in [0, 0.05) is 6.07 Å². The lowest BCUT2D eigenvalue weighted by Crippen LogP contribution is -2.14. The molecule has 0 saturated carbocycles. The molecule has 0 heterocycles. The molecule has 0 radical (unpaired) electrons. The zero-order valence-corrected chi connectivity index (χ0v) is 11.9. The van der Waals surface area contributed by atoms with Crippen molar-refractivity contribution in [2.24, 2.45) is 0 Å². The zero-order valence-electron chi connectivity index (χ0n) is 11.9. The molecule has 2 rings (SSSR count). The maximum atomic E-state index is 13.5. The number of anilines is 1. The molecule has 1 N–H and O–H groups in total. The number of methoxy groups -OCH3 is 1. The predicted molar refractivity (Wildman–Crippen MR) is 77.9 cm³/mol. The molecule has 0 aliphatic carbocycles. The first kappa shape index (κ1) is 14.8. The molecule has 110 valence electrons. The average Bonchev–Trinajstić information content (AvgIpc) is 2.49. The third kappa shape index (κ3) is 3.95. The second kappa shape index (κ2) is 6.74. The summed E-state index contributed by atoms with van der Waals surface area (Å²) in [5, 5.41) is 2.57. The number of hydrogen-bond acceptors (Lipinski definition) is 3. The molecule has 5 heteroatoms. The molecule has 0 bridgehead atoms. The normalized spacial score (nSPS) is 10.0. The minimum Gasteiger partial charge on any atom is -0.494 e. The van der Waals surface area contributed by atoms with Gasteiger partial charge in [0.25, 0.3) is 0 Å². The molecule has 0 saturated heterocycles. The summed E-state index contributed by atoms with van der Waals surface area (Å²) >= 11 is 0. The third-order valence-corrected chi connectivity index (χ3v) is 2.95. The first-order chi connectivity index (χ1) is 10.1. The molecule has 21 heavy (non-hydrogen) atoms.